The van der Waals surface area contributed by atoms with Gasteiger partial charge in [-0.25, -0.2) is 0 Å². The van der Waals surface area contributed by atoms with Gasteiger partial charge in [0.05, 0.1) is 13.2 Å². The van der Waals surface area contributed by atoms with Crippen LogP contribution in [0.4, 0.5) is 0 Å². The largest absolute Gasteiger partial charge is 0.481 e. The molecule has 6 heteroatoms. The number of amides is 1. The Labute approximate surface area is 114 Å². The molecule has 0 aromatic heterocycles. The van der Waals surface area contributed by atoms with Crippen molar-refractivity contribution >= 4 is 11.9 Å². The quantitative estimate of drug-likeness (QED) is 0.454. The minimum atomic E-state index is -0.759. The lowest BCUT2D eigenvalue weighted by Gasteiger charge is -2.14. The second kappa shape index (κ2) is 11.9. The van der Waals surface area contributed by atoms with Crippen LogP contribution in [0.1, 0.15) is 32.6 Å². The fraction of sp³-hybridized carbons (Fsp3) is 0.846. The van der Waals surface area contributed by atoms with E-state index in [1.165, 1.54) is 0 Å². The highest BCUT2D eigenvalue weighted by atomic mass is 16.5. The van der Waals surface area contributed by atoms with Gasteiger partial charge < -0.3 is 20.5 Å². The number of rotatable bonds is 12. The minimum Gasteiger partial charge on any atom is -0.481 e. The first kappa shape index (κ1) is 17.9. The Balaban J connectivity index is 3.57. The first-order valence-electron chi connectivity index (χ1n) is 6.78. The summed E-state index contributed by atoms with van der Waals surface area (Å²) in [6.07, 6.45) is 2.64. The number of ether oxygens (including phenoxy) is 1. The number of carboxylic acids is 1. The van der Waals surface area contributed by atoms with Crippen molar-refractivity contribution in [2.45, 2.75) is 32.6 Å². The zero-order chi connectivity index (χ0) is 14.5. The summed E-state index contributed by atoms with van der Waals surface area (Å²) in [5.41, 5.74) is 0. The van der Waals surface area contributed by atoms with Crippen LogP contribution in [-0.4, -0.2) is 50.3 Å². The van der Waals surface area contributed by atoms with Gasteiger partial charge in [0, 0.05) is 26.6 Å². The van der Waals surface area contributed by atoms with Crippen LogP contribution in [0, 0.1) is 5.92 Å². The highest BCUT2D eigenvalue weighted by molar-refractivity contribution is 5.77. The zero-order valence-electron chi connectivity index (χ0n) is 11.9. The van der Waals surface area contributed by atoms with E-state index in [-0.39, 0.29) is 18.9 Å². The number of carbonyl (C=O) groups excluding carboxylic acids is 1. The maximum Gasteiger partial charge on any atom is 0.303 e. The van der Waals surface area contributed by atoms with Gasteiger partial charge in [-0.2, -0.15) is 0 Å². The third-order valence-electron chi connectivity index (χ3n) is 2.99. The molecule has 112 valence electrons. The molecule has 19 heavy (non-hydrogen) atoms. The van der Waals surface area contributed by atoms with Crippen molar-refractivity contribution in [3.05, 3.63) is 0 Å². The fourth-order valence-electron chi connectivity index (χ4n) is 1.73. The van der Waals surface area contributed by atoms with Crippen LogP contribution in [0.2, 0.25) is 0 Å². The summed E-state index contributed by atoms with van der Waals surface area (Å²) >= 11 is 0. The predicted molar refractivity (Wildman–Crippen MR) is 73.0 cm³/mol. The Kier molecular flexibility index (Phi) is 11.2. The van der Waals surface area contributed by atoms with Crippen LogP contribution in [0.15, 0.2) is 0 Å². The van der Waals surface area contributed by atoms with E-state index in [4.69, 9.17) is 9.84 Å². The standard InChI is InChI=1S/C13H26N2O4/c1-3-11(4-5-13(17)18)6-7-15-12(16)10-14-8-9-19-2/h11,14H,3-10H2,1-2H3,(H,15,16)(H,17,18). The second-order valence-corrected chi connectivity index (χ2v) is 4.51. The minimum absolute atomic E-state index is 0.0378. The van der Waals surface area contributed by atoms with Gasteiger partial charge in [0.1, 0.15) is 0 Å². The number of carboxylic acid groups (broad SMARTS) is 1. The van der Waals surface area contributed by atoms with Crippen LogP contribution < -0.4 is 10.6 Å². The molecule has 0 spiro atoms. The molecule has 0 aliphatic rings. The number of aliphatic carboxylic acids is 1. The van der Waals surface area contributed by atoms with Crippen molar-refractivity contribution in [2.75, 3.05) is 33.4 Å². The van der Waals surface area contributed by atoms with E-state index >= 15 is 0 Å². The number of hydrogen-bond acceptors (Lipinski definition) is 4. The lowest BCUT2D eigenvalue weighted by Crippen LogP contribution is -2.36. The summed E-state index contributed by atoms with van der Waals surface area (Å²) < 4.78 is 4.85. The first-order valence-corrected chi connectivity index (χ1v) is 6.78. The average molecular weight is 274 g/mol. The van der Waals surface area contributed by atoms with E-state index < -0.39 is 5.97 Å². The lowest BCUT2D eigenvalue weighted by molar-refractivity contribution is -0.137. The van der Waals surface area contributed by atoms with Crippen molar-refractivity contribution in [3.8, 4) is 0 Å². The van der Waals surface area contributed by atoms with Gasteiger partial charge >= 0.3 is 5.97 Å². The summed E-state index contributed by atoms with van der Waals surface area (Å²) in [5.74, 6) is -0.438. The van der Waals surface area contributed by atoms with Crippen molar-refractivity contribution in [1.29, 1.82) is 0 Å². The van der Waals surface area contributed by atoms with Gasteiger partial charge in [-0.3, -0.25) is 9.59 Å². The SMILES string of the molecule is CCC(CCNC(=O)CNCCOC)CCC(=O)O. The first-order chi connectivity index (χ1) is 9.10. The Bertz CT molecular complexity index is 259. The molecule has 0 aliphatic heterocycles. The van der Waals surface area contributed by atoms with Crippen LogP contribution >= 0.6 is 0 Å². The monoisotopic (exact) mass is 274 g/mol. The maximum absolute atomic E-state index is 11.4. The normalized spacial score (nSPS) is 12.1. The molecular weight excluding hydrogens is 248 g/mol. The Morgan fingerprint density at radius 1 is 1.26 bits per heavy atom. The molecule has 1 amide bonds. The molecule has 1 atom stereocenters. The molecule has 0 aliphatic carbocycles. The molecule has 3 N–H and O–H groups in total. The molecule has 0 fully saturated rings. The molecule has 0 heterocycles. The average Bonchev–Trinajstić information content (AvgIpc) is 2.38. The summed E-state index contributed by atoms with van der Waals surface area (Å²) in [4.78, 5) is 21.9. The number of hydrogen-bond donors (Lipinski definition) is 3. The molecule has 6 nitrogen and oxygen atoms in total. The van der Waals surface area contributed by atoms with Crippen molar-refractivity contribution in [2.24, 2.45) is 5.92 Å². The van der Waals surface area contributed by atoms with Gasteiger partial charge in [-0.05, 0) is 18.8 Å². The van der Waals surface area contributed by atoms with Crippen LogP contribution in [0.5, 0.6) is 0 Å². The third kappa shape index (κ3) is 11.7. The summed E-state index contributed by atoms with van der Waals surface area (Å²) in [7, 11) is 1.61. The second-order valence-electron chi connectivity index (χ2n) is 4.51. The Hall–Kier alpha value is -1.14. The molecular formula is C13H26N2O4. The Morgan fingerprint density at radius 3 is 2.58 bits per heavy atom. The number of nitrogens with one attached hydrogen (secondary N) is 2. The highest BCUT2D eigenvalue weighted by Gasteiger charge is 2.09. The fourth-order valence-corrected chi connectivity index (χ4v) is 1.73. The van der Waals surface area contributed by atoms with Crippen molar-refractivity contribution < 1.29 is 19.4 Å². The van der Waals surface area contributed by atoms with Gasteiger partial charge in [-0.1, -0.05) is 13.3 Å². The number of carbonyl (C=O) groups is 2. The maximum atomic E-state index is 11.4. The molecule has 0 saturated carbocycles. The van der Waals surface area contributed by atoms with E-state index in [2.05, 4.69) is 10.6 Å². The zero-order valence-corrected chi connectivity index (χ0v) is 11.9. The van der Waals surface area contributed by atoms with E-state index in [9.17, 15) is 9.59 Å². The molecule has 1 unspecified atom stereocenters. The summed E-state index contributed by atoms with van der Waals surface area (Å²) in [6.45, 7) is 4.17. The molecule has 0 aromatic rings. The van der Waals surface area contributed by atoms with Gasteiger partial charge in [-0.15, -0.1) is 0 Å². The van der Waals surface area contributed by atoms with Crippen molar-refractivity contribution in [1.82, 2.24) is 10.6 Å². The molecule has 0 rings (SSSR count). The van der Waals surface area contributed by atoms with Crippen LogP contribution in [0.3, 0.4) is 0 Å². The van der Waals surface area contributed by atoms with Crippen molar-refractivity contribution in [3.63, 3.8) is 0 Å². The smallest absolute Gasteiger partial charge is 0.303 e. The molecule has 0 saturated heterocycles. The van der Waals surface area contributed by atoms with Gasteiger partial charge in [0.15, 0.2) is 0 Å². The van der Waals surface area contributed by atoms with E-state index in [1.807, 2.05) is 6.92 Å². The highest BCUT2D eigenvalue weighted by Crippen LogP contribution is 2.14. The van der Waals surface area contributed by atoms with E-state index in [0.29, 0.717) is 32.0 Å². The predicted octanol–water partition coefficient (Wildman–Crippen LogP) is 0.620. The van der Waals surface area contributed by atoms with E-state index in [1.54, 1.807) is 7.11 Å². The van der Waals surface area contributed by atoms with Gasteiger partial charge in [0.2, 0.25) is 5.91 Å². The Morgan fingerprint density at radius 2 is 2.00 bits per heavy atom. The molecule has 0 bridgehead atoms. The summed E-state index contributed by atoms with van der Waals surface area (Å²) in [6, 6.07) is 0. The number of methoxy groups -OCH3 is 1. The lowest BCUT2D eigenvalue weighted by atomic mass is 9.97. The van der Waals surface area contributed by atoms with Crippen LogP contribution in [0.25, 0.3) is 0 Å². The van der Waals surface area contributed by atoms with E-state index in [0.717, 1.165) is 12.8 Å². The molecule has 0 aromatic carbocycles. The van der Waals surface area contributed by atoms with Crippen LogP contribution in [-0.2, 0) is 14.3 Å². The van der Waals surface area contributed by atoms with Gasteiger partial charge in [0.25, 0.3) is 0 Å². The molecule has 0 radical (unpaired) electrons. The summed E-state index contributed by atoms with van der Waals surface area (Å²) in [5, 5.41) is 14.4. The third-order valence-corrected chi connectivity index (χ3v) is 2.99. The topological polar surface area (TPSA) is 87.7 Å².